The summed E-state index contributed by atoms with van der Waals surface area (Å²) in [5.41, 5.74) is 0.367. The Bertz CT molecular complexity index is 635. The molecule has 0 unspecified atom stereocenters. The molecule has 5 nitrogen and oxygen atoms in total. The average molecular weight is 455 g/mol. The molecule has 0 heterocycles. The Morgan fingerprint density at radius 1 is 0.759 bits per heavy atom. The third kappa shape index (κ3) is 11.6. The molecule has 1 rings (SSSR count). The van der Waals surface area contributed by atoms with Gasteiger partial charge in [0.25, 0.3) is 5.78 Å². The van der Waals surface area contributed by atoms with Gasteiger partial charge in [-0.3, -0.25) is 4.79 Å². The fourth-order valence-corrected chi connectivity index (χ4v) is 15.9. The van der Waals surface area contributed by atoms with Crippen LogP contribution in [0.2, 0.25) is 51.9 Å². The SMILES string of the molecule is C[Si](C)(C)O[Si](C)(CCCCCCOC(=O)C(=O)c1ccccc1)O[Si](C)(C)C. The molecular weight excluding hydrogens is 416 g/mol. The molecule has 0 aliphatic heterocycles. The molecule has 0 radical (unpaired) electrons. The van der Waals surface area contributed by atoms with E-state index in [1.54, 1.807) is 30.3 Å². The van der Waals surface area contributed by atoms with Crippen LogP contribution in [0.25, 0.3) is 0 Å². The molecule has 0 N–H and O–H groups in total. The zero-order valence-electron chi connectivity index (χ0n) is 19.2. The number of ether oxygens (including phenoxy) is 1. The molecule has 0 spiro atoms. The number of unbranched alkanes of at least 4 members (excludes halogenated alkanes) is 3. The third-order valence-electron chi connectivity index (χ3n) is 4.02. The van der Waals surface area contributed by atoms with Crippen molar-refractivity contribution in [2.24, 2.45) is 0 Å². The second-order valence-corrected chi connectivity index (χ2v) is 22.4. The minimum absolute atomic E-state index is 0.281. The Morgan fingerprint density at radius 3 is 1.79 bits per heavy atom. The molecule has 1 aromatic carbocycles. The third-order valence-corrected chi connectivity index (χ3v) is 13.6. The van der Waals surface area contributed by atoms with Gasteiger partial charge in [0.2, 0.25) is 0 Å². The van der Waals surface area contributed by atoms with Gasteiger partial charge in [0.05, 0.1) is 6.61 Å². The summed E-state index contributed by atoms with van der Waals surface area (Å²) >= 11 is 0. The summed E-state index contributed by atoms with van der Waals surface area (Å²) in [4.78, 5) is 23.8. The number of hydrogen-bond acceptors (Lipinski definition) is 5. The molecule has 0 amide bonds. The standard InChI is InChI=1S/C21H38O5Si3/c1-27(2,3)25-29(7,26-28(4,5)6)18-14-9-8-13-17-24-21(23)20(22)19-15-11-10-12-16-19/h10-12,15-16H,8-9,13-14,17-18H2,1-7H3. The first kappa shape index (κ1) is 26.0. The Hall–Kier alpha value is -1.07. The van der Waals surface area contributed by atoms with Gasteiger partial charge >= 0.3 is 14.5 Å². The zero-order chi connectivity index (χ0) is 22.1. The van der Waals surface area contributed by atoms with E-state index >= 15 is 0 Å². The van der Waals surface area contributed by atoms with Crippen LogP contribution in [0.3, 0.4) is 0 Å². The van der Waals surface area contributed by atoms with Gasteiger partial charge in [-0.05, 0) is 58.3 Å². The molecule has 0 aliphatic carbocycles. The first-order chi connectivity index (χ1) is 13.3. The minimum Gasteiger partial charge on any atom is -0.460 e. The second-order valence-electron chi connectivity index (χ2n) is 9.56. The van der Waals surface area contributed by atoms with Crippen LogP contribution in [-0.4, -0.2) is 43.6 Å². The number of esters is 1. The van der Waals surface area contributed by atoms with E-state index in [0.29, 0.717) is 5.56 Å². The van der Waals surface area contributed by atoms with Crippen LogP contribution < -0.4 is 0 Å². The monoisotopic (exact) mass is 454 g/mol. The number of rotatable bonds is 13. The first-order valence-electron chi connectivity index (χ1n) is 10.5. The number of benzene rings is 1. The van der Waals surface area contributed by atoms with Crippen molar-refractivity contribution in [3.63, 3.8) is 0 Å². The fraction of sp³-hybridized carbons (Fsp3) is 0.619. The van der Waals surface area contributed by atoms with E-state index in [2.05, 4.69) is 45.8 Å². The number of Topliss-reactive ketones (excluding diaryl/α,β-unsaturated/α-hetero) is 1. The van der Waals surface area contributed by atoms with Crippen LogP contribution in [0.15, 0.2) is 30.3 Å². The predicted octanol–water partition coefficient (Wildman–Crippen LogP) is 5.75. The van der Waals surface area contributed by atoms with Crippen molar-refractivity contribution in [1.29, 1.82) is 0 Å². The van der Waals surface area contributed by atoms with Crippen molar-refractivity contribution in [2.45, 2.75) is 77.6 Å². The van der Waals surface area contributed by atoms with Crippen LogP contribution in [0.4, 0.5) is 0 Å². The summed E-state index contributed by atoms with van der Waals surface area (Å²) in [5, 5.41) is 0. The topological polar surface area (TPSA) is 61.8 Å². The molecule has 0 fully saturated rings. The van der Waals surface area contributed by atoms with Gasteiger partial charge in [-0.15, -0.1) is 0 Å². The molecule has 0 atom stereocenters. The highest BCUT2D eigenvalue weighted by Crippen LogP contribution is 2.26. The Kier molecular flexibility index (Phi) is 10.2. The predicted molar refractivity (Wildman–Crippen MR) is 125 cm³/mol. The molecule has 1 aromatic rings. The lowest BCUT2D eigenvalue weighted by Gasteiger charge is -2.38. The highest BCUT2D eigenvalue weighted by atomic mass is 28.5. The molecule has 0 aromatic heterocycles. The van der Waals surface area contributed by atoms with Gasteiger partial charge in [-0.25, -0.2) is 4.79 Å². The van der Waals surface area contributed by atoms with E-state index in [0.717, 1.165) is 31.7 Å². The van der Waals surface area contributed by atoms with E-state index in [1.807, 2.05) is 0 Å². The highest BCUT2D eigenvalue weighted by molar-refractivity contribution is 6.87. The smallest absolute Gasteiger partial charge is 0.379 e. The van der Waals surface area contributed by atoms with Crippen molar-refractivity contribution in [2.75, 3.05) is 6.61 Å². The number of carbonyl (C=O) groups is 2. The lowest BCUT2D eigenvalue weighted by Crippen LogP contribution is -2.52. The van der Waals surface area contributed by atoms with Crippen LogP contribution >= 0.6 is 0 Å². The van der Waals surface area contributed by atoms with Crippen LogP contribution in [0.1, 0.15) is 36.0 Å². The van der Waals surface area contributed by atoms with Gasteiger partial charge < -0.3 is 13.0 Å². The van der Waals surface area contributed by atoms with E-state index in [9.17, 15) is 9.59 Å². The molecule has 0 aliphatic rings. The number of hydrogen-bond donors (Lipinski definition) is 0. The average Bonchev–Trinajstić information content (AvgIpc) is 2.57. The molecular formula is C21H38O5Si3. The first-order valence-corrected chi connectivity index (χ1v) is 19.8. The van der Waals surface area contributed by atoms with Gasteiger partial charge in [-0.1, -0.05) is 49.6 Å². The summed E-state index contributed by atoms with van der Waals surface area (Å²) < 4.78 is 18.1. The highest BCUT2D eigenvalue weighted by Gasteiger charge is 2.39. The lowest BCUT2D eigenvalue weighted by molar-refractivity contribution is -0.138. The zero-order valence-corrected chi connectivity index (χ0v) is 22.2. The molecule has 8 heteroatoms. The fourth-order valence-electron chi connectivity index (χ4n) is 3.26. The quantitative estimate of drug-likeness (QED) is 0.125. The molecule has 0 saturated heterocycles. The lowest BCUT2D eigenvalue weighted by atomic mass is 10.1. The maximum Gasteiger partial charge on any atom is 0.379 e. The van der Waals surface area contributed by atoms with Gasteiger partial charge in [-0.2, -0.15) is 0 Å². The number of carbonyl (C=O) groups excluding carboxylic acids is 2. The summed E-state index contributed by atoms with van der Waals surface area (Å²) in [7, 11) is -5.48. The van der Waals surface area contributed by atoms with Gasteiger partial charge in [0.15, 0.2) is 16.6 Å². The van der Waals surface area contributed by atoms with Crippen LogP contribution in [0.5, 0.6) is 0 Å². The normalized spacial score (nSPS) is 12.7. The van der Waals surface area contributed by atoms with Crippen molar-refractivity contribution in [1.82, 2.24) is 0 Å². The van der Waals surface area contributed by atoms with Crippen LogP contribution in [-0.2, 0) is 17.8 Å². The maximum atomic E-state index is 12.0. The Balaban J connectivity index is 2.32. The second kappa shape index (κ2) is 11.4. The van der Waals surface area contributed by atoms with Gasteiger partial charge in [0, 0.05) is 5.56 Å². The van der Waals surface area contributed by atoms with Crippen molar-refractivity contribution < 1.29 is 22.6 Å². The Labute approximate surface area is 179 Å². The summed E-state index contributed by atoms with van der Waals surface area (Å²) in [6.45, 7) is 15.8. The Morgan fingerprint density at radius 2 is 1.28 bits per heavy atom. The van der Waals surface area contributed by atoms with E-state index < -0.39 is 36.9 Å². The summed E-state index contributed by atoms with van der Waals surface area (Å²) in [6.07, 6.45) is 3.80. The maximum absolute atomic E-state index is 12.0. The minimum atomic E-state index is -2.17. The number of ketones is 1. The van der Waals surface area contributed by atoms with Crippen molar-refractivity contribution in [3.05, 3.63) is 35.9 Å². The van der Waals surface area contributed by atoms with E-state index in [-0.39, 0.29) is 6.61 Å². The summed E-state index contributed by atoms with van der Waals surface area (Å²) in [6, 6.07) is 9.50. The van der Waals surface area contributed by atoms with E-state index in [4.69, 9.17) is 13.0 Å². The van der Waals surface area contributed by atoms with Crippen molar-refractivity contribution >= 4 is 36.9 Å². The van der Waals surface area contributed by atoms with Gasteiger partial charge in [0.1, 0.15) is 0 Å². The molecule has 0 saturated carbocycles. The van der Waals surface area contributed by atoms with Crippen molar-refractivity contribution in [3.8, 4) is 0 Å². The van der Waals surface area contributed by atoms with E-state index in [1.165, 1.54) is 0 Å². The van der Waals surface area contributed by atoms with Crippen LogP contribution in [0, 0.1) is 0 Å². The molecule has 164 valence electrons. The molecule has 29 heavy (non-hydrogen) atoms. The largest absolute Gasteiger partial charge is 0.460 e. The molecule has 0 bridgehead atoms. The summed E-state index contributed by atoms with van der Waals surface area (Å²) in [5.74, 6) is -1.36.